The lowest BCUT2D eigenvalue weighted by molar-refractivity contribution is -0.140. The van der Waals surface area contributed by atoms with Crippen molar-refractivity contribution in [2.75, 3.05) is 6.61 Å². The van der Waals surface area contributed by atoms with Crippen molar-refractivity contribution in [3.05, 3.63) is 54.1 Å². The molecular weight excluding hydrogens is 346 g/mol. The fourth-order valence-corrected chi connectivity index (χ4v) is 3.11. The minimum Gasteiger partial charge on any atom is -0.491 e. The largest absolute Gasteiger partial charge is 0.491 e. The molecule has 27 heavy (non-hydrogen) atoms. The van der Waals surface area contributed by atoms with Crippen LogP contribution in [0.1, 0.15) is 18.4 Å². The summed E-state index contributed by atoms with van der Waals surface area (Å²) in [5.41, 5.74) is 8.15. The van der Waals surface area contributed by atoms with Gasteiger partial charge in [-0.25, -0.2) is 0 Å². The molecule has 140 valence electrons. The molecule has 0 radical (unpaired) electrons. The molecular formula is C20H21N3O4. The van der Waals surface area contributed by atoms with Gasteiger partial charge in [0, 0.05) is 5.56 Å². The molecule has 7 nitrogen and oxygen atoms in total. The standard InChI is InChI=1S/C20H21N3O4/c21-19(22)14-3-1-12(2-4-14)13-5-7-17(8-6-13)27-11-16-9-15(10-18(24)25)20(26)23-16/h1-8,15-16H,9-11H2,(H3,21,22)(H,23,26)(H,24,25)/t15-,16+/m0/s1. The molecule has 1 amide bonds. The number of carbonyl (C=O) groups excluding carboxylic acids is 1. The quantitative estimate of drug-likeness (QED) is 0.440. The summed E-state index contributed by atoms with van der Waals surface area (Å²) in [6.45, 7) is 0.300. The SMILES string of the molecule is N=C(N)c1ccc(-c2ccc(OC[C@H]3C[C@@H](CC(=O)O)C(=O)N3)cc2)cc1. The predicted molar refractivity (Wildman–Crippen MR) is 101 cm³/mol. The van der Waals surface area contributed by atoms with E-state index in [1.807, 2.05) is 36.4 Å². The molecule has 1 saturated heterocycles. The number of carbonyl (C=O) groups is 2. The molecule has 7 heteroatoms. The Morgan fingerprint density at radius 1 is 1.15 bits per heavy atom. The third-order valence-corrected chi connectivity index (χ3v) is 4.54. The Morgan fingerprint density at radius 3 is 2.30 bits per heavy atom. The summed E-state index contributed by atoms with van der Waals surface area (Å²) in [5, 5.41) is 19.0. The number of aliphatic carboxylic acids is 1. The zero-order chi connectivity index (χ0) is 19.4. The smallest absolute Gasteiger partial charge is 0.304 e. The number of nitrogens with one attached hydrogen (secondary N) is 2. The number of benzene rings is 2. The second kappa shape index (κ2) is 7.90. The van der Waals surface area contributed by atoms with E-state index in [1.54, 1.807) is 12.1 Å². The van der Waals surface area contributed by atoms with Crippen LogP contribution in [-0.4, -0.2) is 35.5 Å². The van der Waals surface area contributed by atoms with Crippen LogP contribution in [0.4, 0.5) is 0 Å². The van der Waals surface area contributed by atoms with Gasteiger partial charge in [0.25, 0.3) is 0 Å². The van der Waals surface area contributed by atoms with Crippen LogP contribution < -0.4 is 15.8 Å². The number of hydrogen-bond donors (Lipinski definition) is 4. The van der Waals surface area contributed by atoms with E-state index in [-0.39, 0.29) is 24.2 Å². The molecule has 3 rings (SSSR count). The second-order valence-corrected chi connectivity index (χ2v) is 6.56. The monoisotopic (exact) mass is 367 g/mol. The molecule has 2 atom stereocenters. The number of amidine groups is 1. The van der Waals surface area contributed by atoms with Gasteiger partial charge in [0.15, 0.2) is 0 Å². The first-order valence-electron chi connectivity index (χ1n) is 8.62. The minimum absolute atomic E-state index is 0.0369. The summed E-state index contributed by atoms with van der Waals surface area (Å²) in [5.74, 6) is -0.972. The molecule has 1 aliphatic heterocycles. The second-order valence-electron chi connectivity index (χ2n) is 6.56. The highest BCUT2D eigenvalue weighted by molar-refractivity contribution is 5.95. The van der Waals surface area contributed by atoms with E-state index in [0.29, 0.717) is 24.3 Å². The van der Waals surface area contributed by atoms with Crippen molar-refractivity contribution in [1.82, 2.24) is 5.32 Å². The van der Waals surface area contributed by atoms with Crippen LogP contribution in [0.15, 0.2) is 48.5 Å². The first kappa shape index (κ1) is 18.4. The molecule has 2 aromatic carbocycles. The summed E-state index contributed by atoms with van der Waals surface area (Å²) in [6.07, 6.45) is 0.311. The van der Waals surface area contributed by atoms with Crippen molar-refractivity contribution in [3.63, 3.8) is 0 Å². The lowest BCUT2D eigenvalue weighted by Crippen LogP contribution is -2.31. The Morgan fingerprint density at radius 2 is 1.74 bits per heavy atom. The van der Waals surface area contributed by atoms with Gasteiger partial charge in [-0.15, -0.1) is 0 Å². The minimum atomic E-state index is -0.969. The third kappa shape index (κ3) is 4.63. The topological polar surface area (TPSA) is 126 Å². The fourth-order valence-electron chi connectivity index (χ4n) is 3.11. The Bertz CT molecular complexity index is 847. The van der Waals surface area contributed by atoms with Gasteiger partial charge in [0.2, 0.25) is 5.91 Å². The Balaban J connectivity index is 1.56. The molecule has 0 bridgehead atoms. The van der Waals surface area contributed by atoms with E-state index in [4.69, 9.17) is 21.0 Å². The van der Waals surface area contributed by atoms with Gasteiger partial charge in [0.1, 0.15) is 18.2 Å². The molecule has 0 spiro atoms. The van der Waals surface area contributed by atoms with E-state index in [1.165, 1.54) is 0 Å². The number of ether oxygens (including phenoxy) is 1. The van der Waals surface area contributed by atoms with E-state index in [9.17, 15) is 9.59 Å². The number of carboxylic acid groups (broad SMARTS) is 1. The van der Waals surface area contributed by atoms with E-state index in [0.717, 1.165) is 11.1 Å². The maximum Gasteiger partial charge on any atom is 0.304 e. The molecule has 5 N–H and O–H groups in total. The Hall–Kier alpha value is -3.35. The van der Waals surface area contributed by atoms with Gasteiger partial charge in [-0.05, 0) is 29.7 Å². The lowest BCUT2D eigenvalue weighted by Gasteiger charge is -2.12. The van der Waals surface area contributed by atoms with Gasteiger partial charge in [-0.3, -0.25) is 15.0 Å². The van der Waals surface area contributed by atoms with Gasteiger partial charge < -0.3 is 20.9 Å². The molecule has 0 aliphatic carbocycles. The average Bonchev–Trinajstić information content (AvgIpc) is 2.99. The molecule has 2 aromatic rings. The van der Waals surface area contributed by atoms with Crippen LogP contribution in [0.3, 0.4) is 0 Å². The van der Waals surface area contributed by atoms with E-state index >= 15 is 0 Å². The normalized spacial score (nSPS) is 18.7. The average molecular weight is 367 g/mol. The van der Waals surface area contributed by atoms with Crippen molar-refractivity contribution in [2.45, 2.75) is 18.9 Å². The molecule has 1 heterocycles. The third-order valence-electron chi connectivity index (χ3n) is 4.54. The molecule has 1 aliphatic rings. The lowest BCUT2D eigenvalue weighted by atomic mass is 10.0. The number of nitrogens with two attached hydrogens (primary N) is 1. The molecule has 0 unspecified atom stereocenters. The first-order valence-corrected chi connectivity index (χ1v) is 8.62. The molecule has 0 saturated carbocycles. The van der Waals surface area contributed by atoms with Crippen LogP contribution in [0.25, 0.3) is 11.1 Å². The summed E-state index contributed by atoms with van der Waals surface area (Å²) in [7, 11) is 0. The summed E-state index contributed by atoms with van der Waals surface area (Å²) in [4.78, 5) is 22.5. The van der Waals surface area contributed by atoms with Crippen LogP contribution in [0.2, 0.25) is 0 Å². The maximum atomic E-state index is 11.7. The van der Waals surface area contributed by atoms with E-state index < -0.39 is 11.9 Å². The highest BCUT2D eigenvalue weighted by Gasteiger charge is 2.33. The van der Waals surface area contributed by atoms with Gasteiger partial charge in [-0.1, -0.05) is 36.4 Å². The summed E-state index contributed by atoms with van der Waals surface area (Å²) in [6, 6.07) is 14.8. The number of amides is 1. The maximum absolute atomic E-state index is 11.7. The highest BCUT2D eigenvalue weighted by Crippen LogP contribution is 2.24. The van der Waals surface area contributed by atoms with Gasteiger partial charge in [0.05, 0.1) is 18.4 Å². The van der Waals surface area contributed by atoms with Gasteiger partial charge in [-0.2, -0.15) is 0 Å². The number of carboxylic acids is 1. The molecule has 0 aromatic heterocycles. The number of rotatable bonds is 7. The number of nitrogen functional groups attached to an aromatic ring is 1. The van der Waals surface area contributed by atoms with E-state index in [2.05, 4.69) is 5.32 Å². The summed E-state index contributed by atoms with van der Waals surface area (Å²) >= 11 is 0. The highest BCUT2D eigenvalue weighted by atomic mass is 16.5. The van der Waals surface area contributed by atoms with Crippen molar-refractivity contribution < 1.29 is 19.4 Å². The Kier molecular flexibility index (Phi) is 5.40. The summed E-state index contributed by atoms with van der Waals surface area (Å²) < 4.78 is 5.73. The van der Waals surface area contributed by atoms with Gasteiger partial charge >= 0.3 is 5.97 Å². The van der Waals surface area contributed by atoms with Crippen LogP contribution in [0.5, 0.6) is 5.75 Å². The predicted octanol–water partition coefficient (Wildman–Crippen LogP) is 2.00. The zero-order valence-electron chi connectivity index (χ0n) is 14.6. The van der Waals surface area contributed by atoms with Crippen LogP contribution >= 0.6 is 0 Å². The van der Waals surface area contributed by atoms with Crippen molar-refractivity contribution in [2.24, 2.45) is 11.7 Å². The molecule has 1 fully saturated rings. The van der Waals surface area contributed by atoms with Crippen molar-refractivity contribution in [1.29, 1.82) is 5.41 Å². The van der Waals surface area contributed by atoms with Crippen LogP contribution in [0, 0.1) is 11.3 Å². The van der Waals surface area contributed by atoms with Crippen molar-refractivity contribution >= 4 is 17.7 Å². The number of hydrogen-bond acceptors (Lipinski definition) is 4. The first-order chi connectivity index (χ1) is 12.9. The van der Waals surface area contributed by atoms with Crippen LogP contribution in [-0.2, 0) is 9.59 Å². The fraction of sp³-hybridized carbons (Fsp3) is 0.250. The Labute approximate surface area is 156 Å². The van der Waals surface area contributed by atoms with Crippen molar-refractivity contribution in [3.8, 4) is 16.9 Å². The zero-order valence-corrected chi connectivity index (χ0v) is 14.6.